The summed E-state index contributed by atoms with van der Waals surface area (Å²) in [6.45, 7) is 0.269. The number of hydrogen-bond donors (Lipinski definition) is 2. The van der Waals surface area contributed by atoms with E-state index >= 15 is 0 Å². The van der Waals surface area contributed by atoms with Gasteiger partial charge in [-0.05, 0) is 68.0 Å². The number of aliphatic hydroxyl groups is 1. The number of aliphatic imine (C=N–C) groups is 2. The van der Waals surface area contributed by atoms with E-state index in [4.69, 9.17) is 15.6 Å². The zero-order valence-corrected chi connectivity index (χ0v) is 17.4. The van der Waals surface area contributed by atoms with Crippen LogP contribution in [0.3, 0.4) is 0 Å². The molecule has 0 saturated heterocycles. The topological polar surface area (TPSA) is 80.2 Å². The third-order valence-corrected chi connectivity index (χ3v) is 6.41. The summed E-state index contributed by atoms with van der Waals surface area (Å²) in [6, 6.07) is 17.6. The Morgan fingerprint density at radius 2 is 1.68 bits per heavy atom. The Kier molecular flexibility index (Phi) is 5.28. The molecule has 0 radical (unpaired) electrons. The molecular weight excluding hydrogens is 388 g/mol. The average molecular weight is 416 g/mol. The van der Waals surface area contributed by atoms with Crippen LogP contribution in [0.1, 0.15) is 31.2 Å². The lowest BCUT2D eigenvalue weighted by molar-refractivity contribution is -0.750. The second-order valence-electron chi connectivity index (χ2n) is 8.40. The van der Waals surface area contributed by atoms with Gasteiger partial charge in [-0.3, -0.25) is 4.99 Å². The molecule has 0 spiro atoms. The molecule has 0 aromatic heterocycles. The third kappa shape index (κ3) is 3.74. The van der Waals surface area contributed by atoms with Gasteiger partial charge < -0.3 is 9.84 Å². The number of nitrogens with zero attached hydrogens (tertiary/aromatic N) is 3. The second-order valence-corrected chi connectivity index (χ2v) is 8.40. The lowest BCUT2D eigenvalue weighted by atomic mass is 9.80. The van der Waals surface area contributed by atoms with Crippen molar-refractivity contribution in [2.24, 2.45) is 27.7 Å². The molecule has 0 bridgehead atoms. The molecule has 1 atom stereocenters. The Bertz CT molecular complexity index is 1060. The predicted molar refractivity (Wildman–Crippen MR) is 121 cm³/mol. The average Bonchev–Trinajstić information content (AvgIpc) is 3.13. The SMILES string of the molecule is N[N+]12C=CN=CC1=C(C1CCC(CO)CC1)N=C2c1ccc(Oc2ccccc2)cc1. The third-order valence-electron chi connectivity index (χ3n) is 6.41. The van der Waals surface area contributed by atoms with Crippen LogP contribution in [0.5, 0.6) is 11.5 Å². The van der Waals surface area contributed by atoms with Crippen LogP contribution in [-0.4, -0.2) is 28.4 Å². The number of allylic oxidation sites excluding steroid dienone is 2. The largest absolute Gasteiger partial charge is 0.457 e. The molecule has 1 saturated carbocycles. The van der Waals surface area contributed by atoms with Crippen LogP contribution in [0.25, 0.3) is 0 Å². The number of quaternary nitrogens is 1. The van der Waals surface area contributed by atoms with E-state index in [-0.39, 0.29) is 11.2 Å². The van der Waals surface area contributed by atoms with Gasteiger partial charge in [-0.1, -0.05) is 18.2 Å². The maximum atomic E-state index is 9.47. The minimum Gasteiger partial charge on any atom is -0.457 e. The van der Waals surface area contributed by atoms with Gasteiger partial charge in [0.15, 0.2) is 0 Å². The summed E-state index contributed by atoms with van der Waals surface area (Å²) >= 11 is 0. The van der Waals surface area contributed by atoms with Crippen molar-refractivity contribution in [2.75, 3.05) is 6.61 Å². The Labute approximate surface area is 182 Å². The zero-order valence-electron chi connectivity index (χ0n) is 17.4. The van der Waals surface area contributed by atoms with Crippen molar-refractivity contribution in [1.29, 1.82) is 0 Å². The Hall–Kier alpha value is -3.06. The van der Waals surface area contributed by atoms with E-state index in [2.05, 4.69) is 4.99 Å². The van der Waals surface area contributed by atoms with Gasteiger partial charge in [0.05, 0.1) is 18.0 Å². The van der Waals surface area contributed by atoms with Crippen LogP contribution in [0, 0.1) is 11.8 Å². The van der Waals surface area contributed by atoms with Crippen molar-refractivity contribution in [3.8, 4) is 11.5 Å². The van der Waals surface area contributed by atoms with Crippen LogP contribution in [0.4, 0.5) is 0 Å². The first-order valence-electron chi connectivity index (χ1n) is 10.8. The molecule has 1 aliphatic carbocycles. The van der Waals surface area contributed by atoms with Crippen LogP contribution in [0.2, 0.25) is 0 Å². The smallest absolute Gasteiger partial charge is 0.264 e. The standard InChI is InChI=1S/C25H27N4O2/c26-29-15-14-27-16-23(29)24(19-8-6-18(17-30)7-9-19)28-25(29)20-10-12-22(13-11-20)31-21-4-2-1-3-5-21/h1-5,10-16,18-19,30H,6-9,17,26H2/q+1. The molecule has 0 amide bonds. The first kappa shape index (κ1) is 19.9. The Balaban J connectivity index is 1.42. The maximum absolute atomic E-state index is 9.47. The summed E-state index contributed by atoms with van der Waals surface area (Å²) in [7, 11) is 0. The van der Waals surface area contributed by atoms with Gasteiger partial charge in [0.25, 0.3) is 5.84 Å². The van der Waals surface area contributed by atoms with Crippen molar-refractivity contribution in [2.45, 2.75) is 25.7 Å². The zero-order chi connectivity index (χ0) is 21.3. The molecule has 158 valence electrons. The van der Waals surface area contributed by atoms with Crippen molar-refractivity contribution < 1.29 is 14.4 Å². The van der Waals surface area contributed by atoms with Gasteiger partial charge in [-0.15, -0.1) is 4.59 Å². The van der Waals surface area contributed by atoms with E-state index < -0.39 is 0 Å². The van der Waals surface area contributed by atoms with Gasteiger partial charge in [-0.25, -0.2) is 0 Å². The number of amidine groups is 1. The minimum absolute atomic E-state index is 0.0393. The van der Waals surface area contributed by atoms with Crippen molar-refractivity contribution in [1.82, 2.24) is 0 Å². The summed E-state index contributed by atoms with van der Waals surface area (Å²) in [5, 5.41) is 9.47. The van der Waals surface area contributed by atoms with Crippen molar-refractivity contribution in [3.63, 3.8) is 0 Å². The summed E-state index contributed by atoms with van der Waals surface area (Å²) in [5.74, 6) is 9.96. The van der Waals surface area contributed by atoms with E-state index in [0.717, 1.165) is 60.0 Å². The molecule has 3 aliphatic rings. The highest BCUT2D eigenvalue weighted by atomic mass is 16.5. The van der Waals surface area contributed by atoms with Crippen molar-refractivity contribution in [3.05, 3.63) is 84.0 Å². The molecule has 6 heteroatoms. The fourth-order valence-corrected chi connectivity index (χ4v) is 4.62. The number of hydrogen-bond acceptors (Lipinski definition) is 5. The normalized spacial score (nSPS) is 27.2. The van der Waals surface area contributed by atoms with Gasteiger partial charge in [0.2, 0.25) is 5.70 Å². The summed E-state index contributed by atoms with van der Waals surface area (Å²) in [6.07, 6.45) is 9.53. The van der Waals surface area contributed by atoms with Gasteiger partial charge in [-0.2, -0.15) is 10.8 Å². The molecule has 2 aromatic carbocycles. The fraction of sp³-hybridized carbons (Fsp3) is 0.280. The lowest BCUT2D eigenvalue weighted by Crippen LogP contribution is -2.53. The molecule has 3 N–H and O–H groups in total. The quantitative estimate of drug-likeness (QED) is 0.557. The number of fused-ring (bicyclic) bond motifs is 1. The lowest BCUT2D eigenvalue weighted by Gasteiger charge is -2.28. The van der Waals surface area contributed by atoms with Crippen LogP contribution >= 0.6 is 0 Å². The highest BCUT2D eigenvalue weighted by Gasteiger charge is 2.46. The number of nitrogens with two attached hydrogens (primary N) is 1. The monoisotopic (exact) mass is 415 g/mol. The van der Waals surface area contributed by atoms with E-state index in [0.29, 0.717) is 11.8 Å². The Morgan fingerprint density at radius 1 is 0.968 bits per heavy atom. The first-order valence-corrected chi connectivity index (χ1v) is 10.8. The molecule has 2 aliphatic heterocycles. The second kappa shape index (κ2) is 8.23. The van der Waals surface area contributed by atoms with E-state index in [9.17, 15) is 5.11 Å². The number of ether oxygens (including phenoxy) is 1. The summed E-state index contributed by atoms with van der Waals surface area (Å²) in [5.41, 5.74) is 2.93. The van der Waals surface area contributed by atoms with Gasteiger partial charge in [0, 0.05) is 12.5 Å². The van der Waals surface area contributed by atoms with Crippen LogP contribution in [0.15, 0.2) is 88.4 Å². The highest BCUT2D eigenvalue weighted by molar-refractivity contribution is 6.00. The maximum Gasteiger partial charge on any atom is 0.264 e. The number of benzene rings is 2. The van der Waals surface area contributed by atoms with Gasteiger partial charge in [0.1, 0.15) is 23.4 Å². The van der Waals surface area contributed by atoms with E-state index in [1.54, 1.807) is 6.20 Å². The predicted octanol–water partition coefficient (Wildman–Crippen LogP) is 4.50. The summed E-state index contributed by atoms with van der Waals surface area (Å²) < 4.78 is 5.96. The molecule has 2 aromatic rings. The van der Waals surface area contributed by atoms with Crippen LogP contribution in [-0.2, 0) is 0 Å². The number of rotatable bonds is 5. The first-order chi connectivity index (χ1) is 15.2. The minimum atomic E-state index is 0.0393. The van der Waals surface area contributed by atoms with Gasteiger partial charge >= 0.3 is 0 Å². The van der Waals surface area contributed by atoms with E-state index in [1.807, 2.05) is 67.0 Å². The fourth-order valence-electron chi connectivity index (χ4n) is 4.62. The van der Waals surface area contributed by atoms with Crippen molar-refractivity contribution >= 4 is 12.1 Å². The molecule has 5 rings (SSSR count). The molecule has 1 unspecified atom stereocenters. The molecule has 6 nitrogen and oxygen atoms in total. The Morgan fingerprint density at radius 3 is 2.39 bits per heavy atom. The number of para-hydroxylation sites is 1. The highest BCUT2D eigenvalue weighted by Crippen LogP contribution is 2.41. The molecule has 31 heavy (non-hydrogen) atoms. The van der Waals surface area contributed by atoms with Crippen LogP contribution < -0.4 is 10.6 Å². The molecular formula is C25H27N4O2+. The summed E-state index contributed by atoms with van der Waals surface area (Å²) in [4.78, 5) is 9.40. The van der Waals surface area contributed by atoms with E-state index in [1.165, 1.54) is 0 Å². The molecule has 2 heterocycles. The molecule has 1 fully saturated rings. The number of aliphatic hydroxyl groups excluding tert-OH is 1.